The molecule has 1 aromatic heterocycles. The standard InChI is InChI=1S/C8H9F3N3/c9-8(10,11)7-5-12-14(13-7)6-3-1-2-4-6/h6H,1-4H2. The molecule has 1 heterocycles. The van der Waals surface area contributed by atoms with Crippen molar-refractivity contribution in [1.29, 1.82) is 0 Å². The van der Waals surface area contributed by atoms with Crippen LogP contribution in [0.3, 0.4) is 0 Å². The van der Waals surface area contributed by atoms with E-state index in [2.05, 4.69) is 10.2 Å². The number of hydrogen-bond acceptors (Lipinski definition) is 2. The summed E-state index contributed by atoms with van der Waals surface area (Å²) in [6.07, 6.45) is 1.26. The first-order chi connectivity index (χ1) is 6.57. The summed E-state index contributed by atoms with van der Waals surface area (Å²) in [5.41, 5.74) is -1.02. The first-order valence-corrected chi connectivity index (χ1v) is 4.49. The molecule has 1 radical (unpaired) electrons. The highest BCUT2D eigenvalue weighted by Crippen LogP contribution is 2.30. The smallest absolute Gasteiger partial charge is 0.181 e. The molecule has 1 fully saturated rings. The zero-order valence-electron chi connectivity index (χ0n) is 7.38. The van der Waals surface area contributed by atoms with Gasteiger partial charge in [-0.25, -0.2) is 0 Å². The van der Waals surface area contributed by atoms with Crippen molar-refractivity contribution in [3.63, 3.8) is 0 Å². The van der Waals surface area contributed by atoms with E-state index in [4.69, 9.17) is 0 Å². The Kier molecular flexibility index (Phi) is 2.20. The molecule has 0 aromatic carbocycles. The Bertz CT molecular complexity index is 312. The Labute approximate surface area is 78.9 Å². The normalized spacial score (nSPS) is 19.1. The summed E-state index contributed by atoms with van der Waals surface area (Å²) in [7, 11) is 0. The van der Waals surface area contributed by atoms with Crippen LogP contribution >= 0.6 is 0 Å². The number of aromatic nitrogens is 3. The van der Waals surface area contributed by atoms with Crippen LogP contribution < -0.4 is 0 Å². The van der Waals surface area contributed by atoms with Crippen molar-refractivity contribution < 1.29 is 13.2 Å². The summed E-state index contributed by atoms with van der Waals surface area (Å²) in [5, 5.41) is 6.91. The van der Waals surface area contributed by atoms with Gasteiger partial charge in [0.15, 0.2) is 5.69 Å². The minimum absolute atomic E-state index is 0.0300. The predicted molar refractivity (Wildman–Crippen MR) is 41.4 cm³/mol. The van der Waals surface area contributed by atoms with Crippen LogP contribution in [0.2, 0.25) is 0 Å². The van der Waals surface area contributed by atoms with Gasteiger partial charge in [0, 0.05) is 0 Å². The Morgan fingerprint density at radius 1 is 1.29 bits per heavy atom. The van der Waals surface area contributed by atoms with Gasteiger partial charge in [-0.2, -0.15) is 23.1 Å². The first kappa shape index (κ1) is 9.48. The molecule has 6 heteroatoms. The Hall–Kier alpha value is -1.07. The van der Waals surface area contributed by atoms with Crippen LogP contribution in [0.5, 0.6) is 0 Å². The fourth-order valence-electron chi connectivity index (χ4n) is 1.66. The van der Waals surface area contributed by atoms with Crippen LogP contribution in [-0.4, -0.2) is 15.0 Å². The van der Waals surface area contributed by atoms with Crippen molar-refractivity contribution in [2.24, 2.45) is 0 Å². The van der Waals surface area contributed by atoms with E-state index in [-0.39, 0.29) is 6.04 Å². The summed E-state index contributed by atoms with van der Waals surface area (Å²) in [4.78, 5) is 1.15. The molecule has 77 valence electrons. The largest absolute Gasteiger partial charge is 0.437 e. The lowest BCUT2D eigenvalue weighted by atomic mass is 10.3. The first-order valence-electron chi connectivity index (χ1n) is 4.49. The van der Waals surface area contributed by atoms with Gasteiger partial charge in [0.05, 0.1) is 6.04 Å². The fourth-order valence-corrected chi connectivity index (χ4v) is 1.66. The van der Waals surface area contributed by atoms with E-state index in [0.717, 1.165) is 30.5 Å². The summed E-state index contributed by atoms with van der Waals surface area (Å²) >= 11 is 0. The molecule has 1 saturated carbocycles. The average Bonchev–Trinajstić information content (AvgIpc) is 2.73. The molecule has 2 rings (SSSR count). The molecule has 14 heavy (non-hydrogen) atoms. The van der Waals surface area contributed by atoms with Crippen molar-refractivity contribution >= 4 is 0 Å². The van der Waals surface area contributed by atoms with E-state index in [9.17, 15) is 13.2 Å². The van der Waals surface area contributed by atoms with E-state index in [1.807, 2.05) is 6.20 Å². The molecule has 0 aliphatic heterocycles. The molecular formula is C8H9F3N3. The highest BCUT2D eigenvalue weighted by Gasteiger charge is 2.35. The second-order valence-corrected chi connectivity index (χ2v) is 3.42. The van der Waals surface area contributed by atoms with Crippen LogP contribution in [-0.2, 0) is 6.18 Å². The van der Waals surface area contributed by atoms with Gasteiger partial charge in [0.2, 0.25) is 0 Å². The van der Waals surface area contributed by atoms with Crippen molar-refractivity contribution in [1.82, 2.24) is 15.0 Å². The topological polar surface area (TPSA) is 30.7 Å². The fraction of sp³-hybridized carbons (Fsp3) is 0.750. The van der Waals surface area contributed by atoms with Crippen LogP contribution in [0.15, 0.2) is 0 Å². The molecular weight excluding hydrogens is 195 g/mol. The lowest BCUT2D eigenvalue weighted by Crippen LogP contribution is -2.11. The number of hydrogen-bond donors (Lipinski definition) is 0. The average molecular weight is 204 g/mol. The van der Waals surface area contributed by atoms with Crippen molar-refractivity contribution in [3.05, 3.63) is 11.9 Å². The van der Waals surface area contributed by atoms with E-state index in [1.165, 1.54) is 0 Å². The summed E-state index contributed by atoms with van der Waals surface area (Å²) in [6.45, 7) is 0. The maximum atomic E-state index is 12.1. The van der Waals surface area contributed by atoms with Crippen LogP contribution in [0, 0.1) is 6.20 Å². The van der Waals surface area contributed by atoms with Gasteiger partial charge in [-0.05, 0) is 12.8 Å². The molecule has 0 amide bonds. The van der Waals surface area contributed by atoms with Crippen LogP contribution in [0.1, 0.15) is 37.4 Å². The quantitative estimate of drug-likeness (QED) is 0.702. The van der Waals surface area contributed by atoms with E-state index in [0.29, 0.717) is 0 Å². The minimum atomic E-state index is -4.43. The molecule has 0 spiro atoms. The highest BCUT2D eigenvalue weighted by atomic mass is 19.4. The zero-order chi connectivity index (χ0) is 10.2. The van der Waals surface area contributed by atoms with Gasteiger partial charge < -0.3 is 0 Å². The maximum Gasteiger partial charge on any atom is 0.437 e. The summed E-state index contributed by atoms with van der Waals surface area (Å²) < 4.78 is 36.4. The second kappa shape index (κ2) is 3.25. The maximum absolute atomic E-state index is 12.1. The van der Waals surface area contributed by atoms with Gasteiger partial charge in [-0.3, -0.25) is 0 Å². The third-order valence-corrected chi connectivity index (χ3v) is 2.38. The van der Waals surface area contributed by atoms with Crippen molar-refractivity contribution in [2.75, 3.05) is 0 Å². The molecule has 0 bridgehead atoms. The third kappa shape index (κ3) is 1.73. The Balaban J connectivity index is 2.17. The Morgan fingerprint density at radius 3 is 2.43 bits per heavy atom. The number of nitrogens with zero attached hydrogens (tertiary/aromatic N) is 3. The highest BCUT2D eigenvalue weighted by molar-refractivity contribution is 4.95. The molecule has 3 nitrogen and oxygen atoms in total. The summed E-state index contributed by atoms with van der Waals surface area (Å²) in [6, 6.07) is 0.0300. The number of alkyl halides is 3. The van der Waals surface area contributed by atoms with Gasteiger partial charge in [-0.15, -0.1) is 5.10 Å². The molecule has 1 aliphatic carbocycles. The van der Waals surface area contributed by atoms with Gasteiger partial charge in [-0.1, -0.05) is 12.8 Å². The van der Waals surface area contributed by atoms with Crippen LogP contribution in [0.4, 0.5) is 13.2 Å². The predicted octanol–water partition coefficient (Wildman–Crippen LogP) is 2.21. The molecule has 1 aliphatic rings. The Morgan fingerprint density at radius 2 is 1.93 bits per heavy atom. The van der Waals surface area contributed by atoms with Gasteiger partial charge in [0.25, 0.3) is 0 Å². The number of halogens is 3. The van der Waals surface area contributed by atoms with Gasteiger partial charge >= 0.3 is 6.18 Å². The number of rotatable bonds is 1. The second-order valence-electron chi connectivity index (χ2n) is 3.42. The van der Waals surface area contributed by atoms with Crippen molar-refractivity contribution in [2.45, 2.75) is 37.9 Å². The van der Waals surface area contributed by atoms with E-state index < -0.39 is 11.9 Å². The van der Waals surface area contributed by atoms with E-state index in [1.54, 1.807) is 0 Å². The molecule has 0 atom stereocenters. The van der Waals surface area contributed by atoms with E-state index >= 15 is 0 Å². The molecule has 0 N–H and O–H groups in total. The molecule has 0 saturated heterocycles. The monoisotopic (exact) mass is 204 g/mol. The molecule has 0 unspecified atom stereocenters. The molecule has 1 aromatic rings. The minimum Gasteiger partial charge on any atom is -0.181 e. The third-order valence-electron chi connectivity index (χ3n) is 2.38. The van der Waals surface area contributed by atoms with Crippen molar-refractivity contribution in [3.8, 4) is 0 Å². The van der Waals surface area contributed by atoms with Crippen LogP contribution in [0.25, 0.3) is 0 Å². The summed E-state index contributed by atoms with van der Waals surface area (Å²) in [5.74, 6) is 0. The zero-order valence-corrected chi connectivity index (χ0v) is 7.38. The lowest BCUT2D eigenvalue weighted by molar-refractivity contribution is -0.141. The lowest BCUT2D eigenvalue weighted by Gasteiger charge is -2.06. The van der Waals surface area contributed by atoms with Gasteiger partial charge in [0.1, 0.15) is 6.20 Å². The SMILES string of the molecule is FC(F)(F)c1[c]nn(C2CCCC2)n1.